The van der Waals surface area contributed by atoms with Crippen molar-refractivity contribution in [1.82, 2.24) is 0 Å². The Balaban J connectivity index is 0.000000240. The molecule has 0 spiro atoms. The van der Waals surface area contributed by atoms with Crippen LogP contribution >= 0.6 is 0 Å². The molecule has 0 saturated carbocycles. The molecule has 0 fully saturated rings. The first-order valence-corrected chi connectivity index (χ1v) is 11.0. The third-order valence-electron chi connectivity index (χ3n) is 6.22. The van der Waals surface area contributed by atoms with Gasteiger partial charge in [0.2, 0.25) is 0 Å². The second kappa shape index (κ2) is 12.2. The number of benzene rings is 4. The average Bonchev–Trinajstić information content (AvgIpc) is 2.90. The van der Waals surface area contributed by atoms with Gasteiger partial charge in [-0.3, -0.25) is 0 Å². The number of carboxylic acids is 2. The van der Waals surface area contributed by atoms with E-state index in [0.29, 0.717) is 0 Å². The van der Waals surface area contributed by atoms with Gasteiger partial charge in [0, 0.05) is 0 Å². The number of rotatable bonds is 6. The fourth-order valence-electron chi connectivity index (χ4n) is 3.89. The van der Waals surface area contributed by atoms with E-state index in [9.17, 15) is 19.8 Å². The van der Waals surface area contributed by atoms with Gasteiger partial charge in [0.15, 0.2) is 0 Å². The van der Waals surface area contributed by atoms with Crippen LogP contribution in [0.5, 0.6) is 0 Å². The second-order valence-electron chi connectivity index (χ2n) is 8.29. The third kappa shape index (κ3) is 5.89. The average molecular weight is 505 g/mol. The molecule has 1 radical (unpaired) electrons. The van der Waals surface area contributed by atoms with Crippen molar-refractivity contribution in [1.29, 1.82) is 0 Å². The van der Waals surface area contributed by atoms with Crippen LogP contribution in [-0.4, -0.2) is 11.9 Å². The standard InChI is InChI=1S/2C15H14O2.Mn/c2*1-15(14(16)17,12-8-4-2-5-9-12)13-10-6-3-7-11-13;/h2*2-11H,1H3,(H,16,17);/q;;+2/p-2. The Bertz CT molecular complexity index is 1030. The maximum Gasteiger partial charge on any atom is 2.00 e. The van der Waals surface area contributed by atoms with Crippen molar-refractivity contribution in [3.05, 3.63) is 144 Å². The zero-order chi connectivity index (χ0) is 24.6. The van der Waals surface area contributed by atoms with Gasteiger partial charge >= 0.3 is 17.1 Å². The molecular weight excluding hydrogens is 479 g/mol. The fourth-order valence-corrected chi connectivity index (χ4v) is 3.89. The molecule has 0 amide bonds. The molecule has 0 bridgehead atoms. The fraction of sp³-hybridized carbons (Fsp3) is 0.133. The molecule has 0 aliphatic rings. The van der Waals surface area contributed by atoms with Crippen LogP contribution < -0.4 is 10.2 Å². The Hall–Kier alpha value is -3.66. The molecule has 5 heteroatoms. The number of carboxylic acid groups (broad SMARTS) is 2. The van der Waals surface area contributed by atoms with Crippen molar-refractivity contribution in [2.24, 2.45) is 0 Å². The molecule has 4 nitrogen and oxygen atoms in total. The number of carbonyl (C=O) groups is 2. The van der Waals surface area contributed by atoms with Crippen molar-refractivity contribution in [2.45, 2.75) is 24.7 Å². The number of hydrogen-bond donors (Lipinski definition) is 0. The minimum absolute atomic E-state index is 0. The molecule has 0 saturated heterocycles. The van der Waals surface area contributed by atoms with Gasteiger partial charge in [-0.1, -0.05) is 121 Å². The first-order valence-electron chi connectivity index (χ1n) is 11.0. The first-order chi connectivity index (χ1) is 16.3. The molecule has 0 aliphatic carbocycles. The summed E-state index contributed by atoms with van der Waals surface area (Å²) in [7, 11) is 0. The van der Waals surface area contributed by atoms with E-state index in [0.717, 1.165) is 22.3 Å². The first kappa shape index (κ1) is 27.6. The normalized spacial score (nSPS) is 10.8. The van der Waals surface area contributed by atoms with Crippen molar-refractivity contribution >= 4 is 11.9 Å². The molecule has 4 aromatic rings. The molecule has 0 aromatic heterocycles. The molecular formula is C30H26MnO4. The topological polar surface area (TPSA) is 80.3 Å². The van der Waals surface area contributed by atoms with E-state index in [-0.39, 0.29) is 17.1 Å². The van der Waals surface area contributed by atoms with Gasteiger partial charge in [-0.15, -0.1) is 0 Å². The largest absolute Gasteiger partial charge is 2.00 e. The molecule has 4 aromatic carbocycles. The number of aliphatic carboxylic acids is 2. The molecule has 35 heavy (non-hydrogen) atoms. The summed E-state index contributed by atoms with van der Waals surface area (Å²) >= 11 is 0. The van der Waals surface area contributed by atoms with Gasteiger partial charge in [-0.2, -0.15) is 0 Å². The molecule has 0 atom stereocenters. The zero-order valence-electron chi connectivity index (χ0n) is 19.6. The van der Waals surface area contributed by atoms with E-state index >= 15 is 0 Å². The van der Waals surface area contributed by atoms with E-state index in [2.05, 4.69) is 0 Å². The molecule has 0 heterocycles. The van der Waals surface area contributed by atoms with Gasteiger partial charge in [0.1, 0.15) is 0 Å². The van der Waals surface area contributed by atoms with Gasteiger partial charge in [0.25, 0.3) is 0 Å². The Morgan fingerprint density at radius 3 is 0.771 bits per heavy atom. The van der Waals surface area contributed by atoms with E-state index in [4.69, 9.17) is 0 Å². The summed E-state index contributed by atoms with van der Waals surface area (Å²) in [5.74, 6) is -2.18. The smallest absolute Gasteiger partial charge is 0.549 e. The SMILES string of the molecule is CC(C(=O)[O-])(c1ccccc1)c1ccccc1.CC(C(=O)[O-])(c1ccccc1)c1ccccc1.[Mn+2]. The zero-order valence-corrected chi connectivity index (χ0v) is 20.7. The van der Waals surface area contributed by atoms with Gasteiger partial charge in [-0.25, -0.2) is 0 Å². The van der Waals surface area contributed by atoms with E-state index in [1.165, 1.54) is 0 Å². The predicted molar refractivity (Wildman–Crippen MR) is 129 cm³/mol. The molecule has 0 unspecified atom stereocenters. The molecule has 0 N–H and O–H groups in total. The maximum atomic E-state index is 11.5. The summed E-state index contributed by atoms with van der Waals surface area (Å²) < 4.78 is 0. The summed E-state index contributed by atoms with van der Waals surface area (Å²) in [4.78, 5) is 23.0. The maximum absolute atomic E-state index is 11.5. The van der Waals surface area contributed by atoms with Crippen LogP contribution in [-0.2, 0) is 37.5 Å². The molecule has 0 aliphatic heterocycles. The minimum Gasteiger partial charge on any atom is -0.549 e. The number of carbonyl (C=O) groups excluding carboxylic acids is 2. The van der Waals surface area contributed by atoms with Gasteiger partial charge in [-0.05, 0) is 36.1 Å². The van der Waals surface area contributed by atoms with Crippen LogP contribution in [0, 0.1) is 0 Å². The van der Waals surface area contributed by atoms with E-state index in [1.807, 2.05) is 121 Å². The van der Waals surface area contributed by atoms with Crippen LogP contribution in [0.15, 0.2) is 121 Å². The van der Waals surface area contributed by atoms with Crippen molar-refractivity contribution in [3.63, 3.8) is 0 Å². The van der Waals surface area contributed by atoms with Crippen LogP contribution in [0.1, 0.15) is 36.1 Å². The Labute approximate surface area is 216 Å². The van der Waals surface area contributed by atoms with E-state index in [1.54, 1.807) is 13.8 Å². The molecule has 4 rings (SSSR count). The van der Waals surface area contributed by atoms with Crippen molar-refractivity contribution < 1.29 is 36.9 Å². The molecule has 177 valence electrons. The predicted octanol–water partition coefficient (Wildman–Crippen LogP) is 3.48. The van der Waals surface area contributed by atoms with Gasteiger partial charge in [0.05, 0.1) is 22.8 Å². The Morgan fingerprint density at radius 1 is 0.457 bits per heavy atom. The summed E-state index contributed by atoms with van der Waals surface area (Å²) in [5.41, 5.74) is 0.695. The summed E-state index contributed by atoms with van der Waals surface area (Å²) in [6.45, 7) is 3.35. The van der Waals surface area contributed by atoms with Crippen LogP contribution in [0.25, 0.3) is 0 Å². The van der Waals surface area contributed by atoms with Crippen molar-refractivity contribution in [3.8, 4) is 0 Å². The minimum atomic E-state index is -1.11. The second-order valence-corrected chi connectivity index (χ2v) is 8.29. The number of hydrogen-bond acceptors (Lipinski definition) is 4. The third-order valence-corrected chi connectivity index (χ3v) is 6.22. The van der Waals surface area contributed by atoms with Crippen LogP contribution in [0.2, 0.25) is 0 Å². The summed E-state index contributed by atoms with van der Waals surface area (Å²) in [6.07, 6.45) is 0. The Kier molecular flexibility index (Phi) is 9.58. The Morgan fingerprint density at radius 2 is 0.629 bits per heavy atom. The quantitative estimate of drug-likeness (QED) is 0.376. The van der Waals surface area contributed by atoms with Crippen LogP contribution in [0.4, 0.5) is 0 Å². The summed E-state index contributed by atoms with van der Waals surface area (Å²) in [6, 6.07) is 36.6. The monoisotopic (exact) mass is 505 g/mol. The van der Waals surface area contributed by atoms with Gasteiger partial charge < -0.3 is 19.8 Å². The van der Waals surface area contributed by atoms with Crippen molar-refractivity contribution in [2.75, 3.05) is 0 Å². The summed E-state index contributed by atoms with van der Waals surface area (Å²) in [5, 5.41) is 23.0. The van der Waals surface area contributed by atoms with Crippen LogP contribution in [0.3, 0.4) is 0 Å². The van der Waals surface area contributed by atoms with E-state index < -0.39 is 22.8 Å².